The SMILES string of the molecule is CC(C)(CCCN)CNC(=O)c1ccc(F)c(F)c1F. The van der Waals surface area contributed by atoms with E-state index in [0.717, 1.165) is 25.0 Å². The van der Waals surface area contributed by atoms with Crippen LogP contribution in [0.1, 0.15) is 37.0 Å². The minimum Gasteiger partial charge on any atom is -0.351 e. The van der Waals surface area contributed by atoms with E-state index in [1.165, 1.54) is 0 Å². The van der Waals surface area contributed by atoms with Gasteiger partial charge in [-0.3, -0.25) is 4.79 Å². The molecule has 0 atom stereocenters. The van der Waals surface area contributed by atoms with Crippen molar-refractivity contribution in [3.8, 4) is 0 Å². The summed E-state index contributed by atoms with van der Waals surface area (Å²) in [6, 6.07) is 1.66. The zero-order chi connectivity index (χ0) is 15.3. The zero-order valence-corrected chi connectivity index (χ0v) is 11.6. The summed E-state index contributed by atoms with van der Waals surface area (Å²) >= 11 is 0. The van der Waals surface area contributed by atoms with Crippen LogP contribution in [0.2, 0.25) is 0 Å². The summed E-state index contributed by atoms with van der Waals surface area (Å²) < 4.78 is 39.3. The maximum atomic E-state index is 13.4. The molecule has 0 radical (unpaired) electrons. The van der Waals surface area contributed by atoms with E-state index in [9.17, 15) is 18.0 Å². The van der Waals surface area contributed by atoms with Crippen LogP contribution in [0.3, 0.4) is 0 Å². The molecule has 0 aliphatic heterocycles. The lowest BCUT2D eigenvalue weighted by Crippen LogP contribution is -2.34. The van der Waals surface area contributed by atoms with Gasteiger partial charge in [0.1, 0.15) is 0 Å². The van der Waals surface area contributed by atoms with Gasteiger partial charge in [-0.1, -0.05) is 13.8 Å². The molecule has 1 rings (SSSR count). The summed E-state index contributed by atoms with van der Waals surface area (Å²) in [5.41, 5.74) is 4.71. The van der Waals surface area contributed by atoms with E-state index in [0.29, 0.717) is 13.1 Å². The Labute approximate surface area is 116 Å². The van der Waals surface area contributed by atoms with Crippen molar-refractivity contribution >= 4 is 5.91 Å². The first-order valence-corrected chi connectivity index (χ1v) is 6.40. The second-order valence-electron chi connectivity index (χ2n) is 5.46. The van der Waals surface area contributed by atoms with E-state index in [1.807, 2.05) is 13.8 Å². The van der Waals surface area contributed by atoms with E-state index in [-0.39, 0.29) is 5.41 Å². The highest BCUT2D eigenvalue weighted by Gasteiger charge is 2.22. The third-order valence-electron chi connectivity index (χ3n) is 3.06. The quantitative estimate of drug-likeness (QED) is 0.791. The second kappa shape index (κ2) is 6.74. The molecule has 0 unspecified atom stereocenters. The van der Waals surface area contributed by atoms with Gasteiger partial charge < -0.3 is 11.1 Å². The fourth-order valence-corrected chi connectivity index (χ4v) is 1.79. The Balaban J connectivity index is 2.71. The number of rotatable bonds is 6. The van der Waals surface area contributed by atoms with Gasteiger partial charge in [0.25, 0.3) is 5.91 Å². The molecule has 0 saturated carbocycles. The maximum Gasteiger partial charge on any atom is 0.254 e. The van der Waals surface area contributed by atoms with Gasteiger partial charge in [-0.05, 0) is 36.9 Å². The molecule has 0 aliphatic carbocycles. The number of nitrogens with one attached hydrogen (secondary N) is 1. The fourth-order valence-electron chi connectivity index (χ4n) is 1.79. The summed E-state index contributed by atoms with van der Waals surface area (Å²) in [5, 5.41) is 2.53. The number of halogens is 3. The predicted molar refractivity (Wildman–Crippen MR) is 70.7 cm³/mol. The number of amides is 1. The lowest BCUT2D eigenvalue weighted by Gasteiger charge is -2.24. The van der Waals surface area contributed by atoms with Crippen molar-refractivity contribution in [3.63, 3.8) is 0 Å². The van der Waals surface area contributed by atoms with Crippen LogP contribution >= 0.6 is 0 Å². The molecule has 0 spiro atoms. The number of hydrogen-bond acceptors (Lipinski definition) is 2. The van der Waals surface area contributed by atoms with Gasteiger partial charge in [-0.2, -0.15) is 0 Å². The first-order chi connectivity index (χ1) is 9.28. The highest BCUT2D eigenvalue weighted by atomic mass is 19.2. The highest BCUT2D eigenvalue weighted by Crippen LogP contribution is 2.21. The van der Waals surface area contributed by atoms with Gasteiger partial charge in [0.2, 0.25) is 0 Å². The van der Waals surface area contributed by atoms with Crippen molar-refractivity contribution in [2.45, 2.75) is 26.7 Å². The Morgan fingerprint density at radius 2 is 1.90 bits per heavy atom. The molecule has 3 N–H and O–H groups in total. The second-order valence-corrected chi connectivity index (χ2v) is 5.46. The zero-order valence-electron chi connectivity index (χ0n) is 11.6. The Morgan fingerprint density at radius 1 is 1.25 bits per heavy atom. The minimum atomic E-state index is -1.64. The molecule has 6 heteroatoms. The summed E-state index contributed by atoms with van der Waals surface area (Å²) in [4.78, 5) is 11.8. The van der Waals surface area contributed by atoms with Crippen molar-refractivity contribution in [1.29, 1.82) is 0 Å². The Hall–Kier alpha value is -1.56. The molecule has 0 heterocycles. The molecule has 0 aromatic heterocycles. The van der Waals surface area contributed by atoms with Crippen molar-refractivity contribution in [3.05, 3.63) is 35.1 Å². The van der Waals surface area contributed by atoms with Gasteiger partial charge in [0.05, 0.1) is 5.56 Å². The molecule has 0 fully saturated rings. The molecular weight excluding hydrogens is 269 g/mol. The van der Waals surface area contributed by atoms with Crippen LogP contribution in [0.15, 0.2) is 12.1 Å². The molecule has 20 heavy (non-hydrogen) atoms. The van der Waals surface area contributed by atoms with E-state index in [4.69, 9.17) is 5.73 Å². The van der Waals surface area contributed by atoms with E-state index in [1.54, 1.807) is 0 Å². The Kier molecular flexibility index (Phi) is 5.56. The van der Waals surface area contributed by atoms with Crippen molar-refractivity contribution in [1.82, 2.24) is 5.32 Å². The summed E-state index contributed by atoms with van der Waals surface area (Å²) in [7, 11) is 0. The topological polar surface area (TPSA) is 55.1 Å². The van der Waals surface area contributed by atoms with Crippen molar-refractivity contribution in [2.75, 3.05) is 13.1 Å². The summed E-state index contributed by atoms with van der Waals surface area (Å²) in [6.45, 7) is 4.72. The lowest BCUT2D eigenvalue weighted by molar-refractivity contribution is 0.0929. The van der Waals surface area contributed by atoms with Crippen LogP contribution in [-0.2, 0) is 0 Å². The van der Waals surface area contributed by atoms with Crippen LogP contribution in [0.25, 0.3) is 0 Å². The van der Waals surface area contributed by atoms with E-state index in [2.05, 4.69) is 5.32 Å². The molecule has 1 aromatic rings. The molecule has 0 bridgehead atoms. The van der Waals surface area contributed by atoms with Crippen molar-refractivity contribution < 1.29 is 18.0 Å². The fraction of sp³-hybridized carbons (Fsp3) is 0.500. The largest absolute Gasteiger partial charge is 0.351 e. The smallest absolute Gasteiger partial charge is 0.254 e. The molecule has 0 aliphatic rings. The number of benzene rings is 1. The number of carbonyl (C=O) groups excluding carboxylic acids is 1. The summed E-state index contributed by atoms with van der Waals surface area (Å²) in [6.07, 6.45) is 1.60. The summed E-state index contributed by atoms with van der Waals surface area (Å²) in [5.74, 6) is -5.19. The van der Waals surface area contributed by atoms with Gasteiger partial charge in [0, 0.05) is 6.54 Å². The maximum absolute atomic E-state index is 13.4. The van der Waals surface area contributed by atoms with Crippen LogP contribution in [0, 0.1) is 22.9 Å². The highest BCUT2D eigenvalue weighted by molar-refractivity contribution is 5.94. The van der Waals surface area contributed by atoms with Crippen LogP contribution in [0.5, 0.6) is 0 Å². The number of nitrogens with two attached hydrogens (primary N) is 1. The Bertz CT molecular complexity index is 490. The number of carbonyl (C=O) groups is 1. The first-order valence-electron chi connectivity index (χ1n) is 6.40. The van der Waals surface area contributed by atoms with Crippen LogP contribution in [0.4, 0.5) is 13.2 Å². The lowest BCUT2D eigenvalue weighted by atomic mass is 9.87. The predicted octanol–water partition coefficient (Wildman–Crippen LogP) is 2.60. The molecule has 112 valence electrons. The van der Waals surface area contributed by atoms with Crippen LogP contribution < -0.4 is 11.1 Å². The molecule has 3 nitrogen and oxygen atoms in total. The van der Waals surface area contributed by atoms with E-state index >= 15 is 0 Å². The van der Waals surface area contributed by atoms with Gasteiger partial charge in [-0.15, -0.1) is 0 Å². The third-order valence-corrected chi connectivity index (χ3v) is 3.06. The monoisotopic (exact) mass is 288 g/mol. The van der Waals surface area contributed by atoms with Gasteiger partial charge in [-0.25, -0.2) is 13.2 Å². The molecule has 1 amide bonds. The normalized spacial score (nSPS) is 11.5. The van der Waals surface area contributed by atoms with Crippen molar-refractivity contribution in [2.24, 2.45) is 11.1 Å². The third kappa shape index (κ3) is 4.23. The van der Waals surface area contributed by atoms with E-state index < -0.39 is 28.9 Å². The average Bonchev–Trinajstić information content (AvgIpc) is 2.40. The molecule has 1 aromatic carbocycles. The van der Waals surface area contributed by atoms with Gasteiger partial charge in [0.15, 0.2) is 17.5 Å². The van der Waals surface area contributed by atoms with Gasteiger partial charge >= 0.3 is 0 Å². The molecular formula is C14H19F3N2O. The molecule has 0 saturated heterocycles. The number of hydrogen-bond donors (Lipinski definition) is 2. The standard InChI is InChI=1S/C14H19F3N2O/c1-14(2,6-3-7-18)8-19-13(20)9-4-5-10(15)12(17)11(9)16/h4-5H,3,6-8,18H2,1-2H3,(H,19,20). The Morgan fingerprint density at radius 3 is 2.50 bits per heavy atom. The van der Waals surface area contributed by atoms with Crippen LogP contribution in [-0.4, -0.2) is 19.0 Å². The minimum absolute atomic E-state index is 0.204. The average molecular weight is 288 g/mol. The first kappa shape index (κ1) is 16.5.